The van der Waals surface area contributed by atoms with Crippen LogP contribution in [0.25, 0.3) is 0 Å². The smallest absolute Gasteiger partial charge is 0.0982 e. The van der Waals surface area contributed by atoms with E-state index >= 15 is 0 Å². The van der Waals surface area contributed by atoms with Crippen molar-refractivity contribution in [1.82, 2.24) is 15.2 Å². The highest BCUT2D eigenvalue weighted by Crippen LogP contribution is 2.34. The zero-order valence-corrected chi connectivity index (χ0v) is 13.2. The summed E-state index contributed by atoms with van der Waals surface area (Å²) in [6, 6.07) is 3.98. The highest BCUT2D eigenvalue weighted by molar-refractivity contribution is 9.10. The lowest BCUT2D eigenvalue weighted by Gasteiger charge is -2.19. The van der Waals surface area contributed by atoms with Gasteiger partial charge >= 0.3 is 0 Å². The average Bonchev–Trinajstić information content (AvgIpc) is 2.88. The number of halogens is 2. The first-order valence-electron chi connectivity index (χ1n) is 5.48. The summed E-state index contributed by atoms with van der Waals surface area (Å²) in [6.07, 6.45) is 1.79. The van der Waals surface area contributed by atoms with Crippen molar-refractivity contribution in [2.75, 3.05) is 0 Å². The molecule has 2 rings (SSSR count). The predicted octanol–water partition coefficient (Wildman–Crippen LogP) is 3.49. The van der Waals surface area contributed by atoms with E-state index in [9.17, 15) is 0 Å². The van der Waals surface area contributed by atoms with Gasteiger partial charge in [-0.15, -0.1) is 11.3 Å². The molecule has 0 aromatic carbocycles. The fourth-order valence-corrected chi connectivity index (χ4v) is 3.44. The van der Waals surface area contributed by atoms with Crippen LogP contribution in [0.4, 0.5) is 0 Å². The monoisotopic (exact) mass is 348 g/mol. The van der Waals surface area contributed by atoms with Gasteiger partial charge in [-0.3, -0.25) is 10.5 Å². The van der Waals surface area contributed by atoms with E-state index in [0.29, 0.717) is 0 Å². The molecular weight excluding hydrogens is 336 g/mol. The molecule has 4 nitrogen and oxygen atoms in total. The lowest BCUT2D eigenvalue weighted by molar-refractivity contribution is 0.477. The average molecular weight is 350 g/mol. The molecule has 2 aromatic heterocycles. The molecule has 0 saturated carbocycles. The summed E-state index contributed by atoms with van der Waals surface area (Å²) in [7, 11) is 0. The van der Waals surface area contributed by atoms with Crippen LogP contribution in [-0.4, -0.2) is 9.78 Å². The van der Waals surface area contributed by atoms with Gasteiger partial charge in [0, 0.05) is 10.9 Å². The number of nitrogens with two attached hydrogens (primary N) is 1. The van der Waals surface area contributed by atoms with E-state index in [1.54, 1.807) is 6.20 Å². The summed E-state index contributed by atoms with van der Waals surface area (Å²) in [5.74, 6) is 5.69. The standard InChI is InChI=1S/C11H14BrClN4S/c1-6(2)17-11(7(12)5-15-17)10(16-14)8-3-4-9(13)18-8/h3-6,10,16H,14H2,1-2H3. The number of rotatable bonds is 4. The number of aromatic nitrogens is 2. The largest absolute Gasteiger partial charge is 0.270 e. The van der Waals surface area contributed by atoms with Crippen LogP contribution in [-0.2, 0) is 0 Å². The summed E-state index contributed by atoms with van der Waals surface area (Å²) in [5, 5.41) is 4.36. The van der Waals surface area contributed by atoms with Crippen molar-refractivity contribution in [2.24, 2.45) is 5.84 Å². The van der Waals surface area contributed by atoms with Gasteiger partial charge in [0.2, 0.25) is 0 Å². The number of hydrazine groups is 1. The second-order valence-electron chi connectivity index (χ2n) is 4.16. The third-order valence-corrected chi connectivity index (χ3v) is 4.50. The predicted molar refractivity (Wildman–Crippen MR) is 78.8 cm³/mol. The molecule has 1 atom stereocenters. The summed E-state index contributed by atoms with van der Waals surface area (Å²) in [5.41, 5.74) is 3.84. The van der Waals surface area contributed by atoms with Crippen molar-refractivity contribution < 1.29 is 0 Å². The Morgan fingerprint density at radius 1 is 1.50 bits per heavy atom. The zero-order chi connectivity index (χ0) is 13.3. The quantitative estimate of drug-likeness (QED) is 0.656. The normalized spacial score (nSPS) is 13.2. The Morgan fingerprint density at radius 3 is 2.72 bits per heavy atom. The summed E-state index contributed by atoms with van der Waals surface area (Å²) in [4.78, 5) is 1.06. The van der Waals surface area contributed by atoms with E-state index in [1.807, 2.05) is 16.8 Å². The molecule has 0 radical (unpaired) electrons. The molecule has 0 aliphatic heterocycles. The lowest BCUT2D eigenvalue weighted by atomic mass is 10.1. The first-order valence-corrected chi connectivity index (χ1v) is 7.47. The van der Waals surface area contributed by atoms with Gasteiger partial charge in [0.15, 0.2) is 0 Å². The number of thiophene rings is 1. The van der Waals surface area contributed by atoms with E-state index in [4.69, 9.17) is 17.4 Å². The molecule has 1 unspecified atom stereocenters. The molecule has 2 aromatic rings. The van der Waals surface area contributed by atoms with Gasteiger partial charge in [-0.05, 0) is 41.9 Å². The minimum Gasteiger partial charge on any atom is -0.270 e. The van der Waals surface area contributed by atoms with Gasteiger partial charge < -0.3 is 0 Å². The SMILES string of the molecule is CC(C)n1ncc(Br)c1C(NN)c1ccc(Cl)s1. The van der Waals surface area contributed by atoms with Crippen LogP contribution in [0.15, 0.2) is 22.8 Å². The van der Waals surface area contributed by atoms with Crippen molar-refractivity contribution in [1.29, 1.82) is 0 Å². The van der Waals surface area contributed by atoms with E-state index in [1.165, 1.54) is 11.3 Å². The molecular formula is C11H14BrClN4S. The van der Waals surface area contributed by atoms with Crippen LogP contribution < -0.4 is 11.3 Å². The van der Waals surface area contributed by atoms with Crippen LogP contribution in [0.2, 0.25) is 4.34 Å². The number of hydrogen-bond donors (Lipinski definition) is 2. The molecule has 2 heterocycles. The van der Waals surface area contributed by atoms with Crippen molar-refractivity contribution in [2.45, 2.75) is 25.9 Å². The minimum atomic E-state index is -0.123. The van der Waals surface area contributed by atoms with E-state index < -0.39 is 0 Å². The molecule has 7 heteroatoms. The molecule has 18 heavy (non-hydrogen) atoms. The Labute approximate surface area is 123 Å². The second kappa shape index (κ2) is 5.71. The van der Waals surface area contributed by atoms with Gasteiger partial charge in [0.25, 0.3) is 0 Å². The molecule has 0 aliphatic carbocycles. The highest BCUT2D eigenvalue weighted by atomic mass is 79.9. The Hall–Kier alpha value is -0.400. The summed E-state index contributed by atoms with van der Waals surface area (Å²) in [6.45, 7) is 4.16. The maximum Gasteiger partial charge on any atom is 0.0982 e. The molecule has 0 spiro atoms. The van der Waals surface area contributed by atoms with Crippen molar-refractivity contribution in [3.8, 4) is 0 Å². The van der Waals surface area contributed by atoms with Crippen LogP contribution in [0.5, 0.6) is 0 Å². The van der Waals surface area contributed by atoms with Gasteiger partial charge in [0.1, 0.15) is 0 Å². The van der Waals surface area contributed by atoms with Crippen molar-refractivity contribution in [3.05, 3.63) is 37.7 Å². The van der Waals surface area contributed by atoms with E-state index in [2.05, 4.69) is 40.3 Å². The fourth-order valence-electron chi connectivity index (χ4n) is 1.81. The van der Waals surface area contributed by atoms with Gasteiger partial charge in [-0.25, -0.2) is 5.43 Å². The number of nitrogens with zero attached hydrogens (tertiary/aromatic N) is 2. The third kappa shape index (κ3) is 2.62. The lowest BCUT2D eigenvalue weighted by Crippen LogP contribution is -2.30. The Kier molecular flexibility index (Phi) is 4.45. The van der Waals surface area contributed by atoms with Crippen LogP contribution >= 0.6 is 38.9 Å². The van der Waals surface area contributed by atoms with Crippen LogP contribution in [0.1, 0.15) is 36.5 Å². The van der Waals surface area contributed by atoms with Crippen LogP contribution in [0.3, 0.4) is 0 Å². The van der Waals surface area contributed by atoms with E-state index in [-0.39, 0.29) is 12.1 Å². The Morgan fingerprint density at radius 2 is 2.22 bits per heavy atom. The first kappa shape index (κ1) is 14.0. The highest BCUT2D eigenvalue weighted by Gasteiger charge is 2.23. The molecule has 3 N–H and O–H groups in total. The Bertz CT molecular complexity index is 537. The third-order valence-electron chi connectivity index (χ3n) is 2.59. The van der Waals surface area contributed by atoms with Crippen molar-refractivity contribution in [3.63, 3.8) is 0 Å². The summed E-state index contributed by atoms with van der Waals surface area (Å²) < 4.78 is 3.63. The molecule has 98 valence electrons. The molecule has 0 amide bonds. The summed E-state index contributed by atoms with van der Waals surface area (Å²) >= 11 is 11.0. The number of nitrogens with one attached hydrogen (secondary N) is 1. The van der Waals surface area contributed by atoms with E-state index in [0.717, 1.165) is 19.4 Å². The first-order chi connectivity index (χ1) is 8.54. The van der Waals surface area contributed by atoms with Gasteiger partial charge in [0.05, 0.1) is 26.7 Å². The Balaban J connectivity index is 2.47. The fraction of sp³-hybridized carbons (Fsp3) is 0.364. The maximum absolute atomic E-state index is 5.98. The molecule has 0 bridgehead atoms. The van der Waals surface area contributed by atoms with Gasteiger partial charge in [-0.1, -0.05) is 11.6 Å². The van der Waals surface area contributed by atoms with Gasteiger partial charge in [-0.2, -0.15) is 5.10 Å². The van der Waals surface area contributed by atoms with Crippen LogP contribution in [0, 0.1) is 0 Å². The second-order valence-corrected chi connectivity index (χ2v) is 6.76. The molecule has 0 aliphatic rings. The molecule has 0 fully saturated rings. The maximum atomic E-state index is 5.98. The zero-order valence-electron chi connectivity index (χ0n) is 10.0. The minimum absolute atomic E-state index is 0.123. The molecule has 0 saturated heterocycles. The van der Waals surface area contributed by atoms with Crippen molar-refractivity contribution >= 4 is 38.9 Å². The number of hydrogen-bond acceptors (Lipinski definition) is 4. The topological polar surface area (TPSA) is 55.9 Å².